The number of pyridine rings is 1. The number of amidine groups is 1. The van der Waals surface area contributed by atoms with Crippen molar-refractivity contribution < 1.29 is 0 Å². The highest BCUT2D eigenvalue weighted by molar-refractivity contribution is 5.92. The SMILES string of the molecule is Cc1ccc(C2(c3nnc4c(C(C)(C)C(N)=NCCC#N)cccn34)CCC2)cc1. The molecule has 1 aliphatic carbocycles. The highest BCUT2D eigenvalue weighted by Crippen LogP contribution is 2.48. The second-order valence-corrected chi connectivity index (χ2v) is 8.74. The van der Waals surface area contributed by atoms with Crippen LogP contribution in [0.15, 0.2) is 47.6 Å². The maximum absolute atomic E-state index is 8.78. The third-order valence-electron chi connectivity index (χ3n) is 6.49. The molecular weight excluding hydrogens is 372 g/mol. The summed E-state index contributed by atoms with van der Waals surface area (Å²) in [5.41, 5.74) is 10.1. The van der Waals surface area contributed by atoms with Crippen LogP contribution in [0.1, 0.15) is 62.0 Å². The number of hydrogen-bond donors (Lipinski definition) is 1. The van der Waals surface area contributed by atoms with E-state index in [0.717, 1.165) is 29.9 Å². The number of fused-ring (bicyclic) bond motifs is 1. The molecule has 0 saturated heterocycles. The molecule has 4 rings (SSSR count). The number of nitrogens with zero attached hydrogens (tertiary/aromatic N) is 5. The molecule has 3 aromatic rings. The minimum atomic E-state index is -0.515. The van der Waals surface area contributed by atoms with Gasteiger partial charge in [0.15, 0.2) is 5.65 Å². The van der Waals surface area contributed by atoms with Crippen LogP contribution in [-0.4, -0.2) is 27.0 Å². The van der Waals surface area contributed by atoms with Gasteiger partial charge < -0.3 is 5.73 Å². The van der Waals surface area contributed by atoms with Crippen molar-refractivity contribution >= 4 is 11.5 Å². The Morgan fingerprint density at radius 2 is 1.97 bits per heavy atom. The smallest absolute Gasteiger partial charge is 0.165 e. The topological polar surface area (TPSA) is 92.4 Å². The number of aryl methyl sites for hydroxylation is 1. The molecule has 2 aromatic heterocycles. The minimum Gasteiger partial charge on any atom is -0.387 e. The van der Waals surface area contributed by atoms with Crippen molar-refractivity contribution in [1.29, 1.82) is 5.26 Å². The molecule has 1 aliphatic rings. The van der Waals surface area contributed by atoms with Crippen LogP contribution in [0.4, 0.5) is 0 Å². The van der Waals surface area contributed by atoms with E-state index in [4.69, 9.17) is 11.0 Å². The van der Waals surface area contributed by atoms with Crippen molar-refractivity contribution in [3.63, 3.8) is 0 Å². The van der Waals surface area contributed by atoms with Crippen LogP contribution in [0.5, 0.6) is 0 Å². The monoisotopic (exact) mass is 400 g/mol. The number of aliphatic imine (C=N–C) groups is 1. The zero-order valence-corrected chi connectivity index (χ0v) is 17.9. The van der Waals surface area contributed by atoms with E-state index in [0.29, 0.717) is 18.8 Å². The summed E-state index contributed by atoms with van der Waals surface area (Å²) in [6.07, 6.45) is 5.73. The van der Waals surface area contributed by atoms with Crippen LogP contribution in [0.2, 0.25) is 0 Å². The van der Waals surface area contributed by atoms with E-state index in [-0.39, 0.29) is 5.41 Å². The standard InChI is InChI=1S/C24H28N6/c1-17-8-10-18(11-9-17)24(12-5-13-24)22-29-28-20-19(7-4-16-30(20)22)23(2,3)21(26)27-15-6-14-25/h4,7-11,16H,5-6,12-13,15H2,1-3H3,(H2,26,27). The number of benzene rings is 1. The summed E-state index contributed by atoms with van der Waals surface area (Å²) in [5.74, 6) is 1.50. The summed E-state index contributed by atoms with van der Waals surface area (Å²) in [7, 11) is 0. The lowest BCUT2D eigenvalue weighted by Crippen LogP contribution is -2.38. The molecule has 0 spiro atoms. The number of aromatic nitrogens is 3. The van der Waals surface area contributed by atoms with E-state index in [9.17, 15) is 0 Å². The fraction of sp³-hybridized carbons (Fsp3) is 0.417. The molecule has 154 valence electrons. The average Bonchev–Trinajstić information content (AvgIpc) is 3.13. The Hall–Kier alpha value is -3.20. The number of hydrogen-bond acceptors (Lipinski definition) is 4. The Labute approximate surface area is 177 Å². The number of rotatable bonds is 6. The van der Waals surface area contributed by atoms with Gasteiger partial charge in [-0.15, -0.1) is 10.2 Å². The quantitative estimate of drug-likeness (QED) is 0.384. The molecule has 0 bridgehead atoms. The van der Waals surface area contributed by atoms with Crippen molar-refractivity contribution in [3.05, 3.63) is 65.1 Å². The van der Waals surface area contributed by atoms with Gasteiger partial charge in [0.25, 0.3) is 0 Å². The predicted molar refractivity (Wildman–Crippen MR) is 119 cm³/mol. The largest absolute Gasteiger partial charge is 0.387 e. The lowest BCUT2D eigenvalue weighted by atomic mass is 9.63. The van der Waals surface area contributed by atoms with Crippen molar-refractivity contribution in [2.24, 2.45) is 10.7 Å². The molecule has 1 fully saturated rings. The average molecular weight is 401 g/mol. The van der Waals surface area contributed by atoms with E-state index in [1.807, 2.05) is 32.2 Å². The van der Waals surface area contributed by atoms with E-state index >= 15 is 0 Å². The summed E-state index contributed by atoms with van der Waals surface area (Å²) >= 11 is 0. The fourth-order valence-corrected chi connectivity index (χ4v) is 4.34. The van der Waals surface area contributed by atoms with Gasteiger partial charge in [0.2, 0.25) is 0 Å². The third kappa shape index (κ3) is 3.15. The maximum Gasteiger partial charge on any atom is 0.165 e. The van der Waals surface area contributed by atoms with Gasteiger partial charge >= 0.3 is 0 Å². The Morgan fingerprint density at radius 1 is 1.23 bits per heavy atom. The Morgan fingerprint density at radius 3 is 2.60 bits per heavy atom. The first-order valence-electron chi connectivity index (χ1n) is 10.5. The van der Waals surface area contributed by atoms with E-state index in [1.165, 1.54) is 17.5 Å². The molecule has 0 atom stereocenters. The Balaban J connectivity index is 1.80. The minimum absolute atomic E-state index is 0.0949. The molecule has 6 nitrogen and oxygen atoms in total. The Bertz CT molecular complexity index is 1130. The molecule has 0 unspecified atom stereocenters. The second-order valence-electron chi connectivity index (χ2n) is 8.74. The van der Waals surface area contributed by atoms with Crippen molar-refractivity contribution in [1.82, 2.24) is 14.6 Å². The summed E-state index contributed by atoms with van der Waals surface area (Å²) in [6.45, 7) is 6.60. The third-order valence-corrected chi connectivity index (χ3v) is 6.49. The van der Waals surface area contributed by atoms with Crippen molar-refractivity contribution in [2.45, 2.75) is 57.3 Å². The van der Waals surface area contributed by atoms with Crippen LogP contribution in [0.3, 0.4) is 0 Å². The molecule has 2 N–H and O–H groups in total. The first kappa shape index (κ1) is 20.1. The van der Waals surface area contributed by atoms with E-state index in [2.05, 4.69) is 56.8 Å². The molecule has 6 heteroatoms. The molecule has 30 heavy (non-hydrogen) atoms. The van der Waals surface area contributed by atoms with Gasteiger partial charge in [-0.05, 0) is 45.2 Å². The van der Waals surface area contributed by atoms with Gasteiger partial charge in [-0.2, -0.15) is 5.26 Å². The molecule has 0 radical (unpaired) electrons. The van der Waals surface area contributed by atoms with Gasteiger partial charge in [-0.3, -0.25) is 9.39 Å². The van der Waals surface area contributed by atoms with Gasteiger partial charge in [0, 0.05) is 11.8 Å². The first-order chi connectivity index (χ1) is 14.4. The highest BCUT2D eigenvalue weighted by Gasteiger charge is 2.44. The normalized spacial score (nSPS) is 16.3. The molecular formula is C24H28N6. The highest BCUT2D eigenvalue weighted by atomic mass is 15.3. The second kappa shape index (κ2) is 7.56. The first-order valence-corrected chi connectivity index (χ1v) is 10.5. The molecule has 2 heterocycles. The summed E-state index contributed by atoms with van der Waals surface area (Å²) in [6, 6.07) is 15.0. The van der Waals surface area contributed by atoms with Crippen LogP contribution in [0.25, 0.3) is 5.65 Å². The molecule has 0 aliphatic heterocycles. The van der Waals surface area contributed by atoms with Crippen LogP contribution in [-0.2, 0) is 10.8 Å². The van der Waals surface area contributed by atoms with E-state index < -0.39 is 5.41 Å². The maximum atomic E-state index is 8.78. The van der Waals surface area contributed by atoms with Crippen LogP contribution in [0, 0.1) is 18.3 Å². The number of nitriles is 1. The lowest BCUT2D eigenvalue weighted by Gasteiger charge is -2.41. The van der Waals surface area contributed by atoms with Gasteiger partial charge in [-0.1, -0.05) is 42.3 Å². The number of nitrogens with two attached hydrogens (primary N) is 1. The predicted octanol–water partition coefficient (Wildman–Crippen LogP) is 4.06. The van der Waals surface area contributed by atoms with Gasteiger partial charge in [0.1, 0.15) is 11.7 Å². The van der Waals surface area contributed by atoms with Gasteiger partial charge in [0.05, 0.1) is 29.9 Å². The molecule has 0 amide bonds. The van der Waals surface area contributed by atoms with Crippen LogP contribution >= 0.6 is 0 Å². The van der Waals surface area contributed by atoms with Crippen LogP contribution < -0.4 is 5.73 Å². The molecule has 1 aromatic carbocycles. The summed E-state index contributed by atoms with van der Waals surface area (Å²) < 4.78 is 2.12. The van der Waals surface area contributed by atoms with Crippen molar-refractivity contribution in [2.75, 3.05) is 6.54 Å². The fourth-order valence-electron chi connectivity index (χ4n) is 4.34. The summed E-state index contributed by atoms with van der Waals surface area (Å²) in [4.78, 5) is 4.42. The zero-order valence-electron chi connectivity index (χ0n) is 17.9. The van der Waals surface area contributed by atoms with E-state index in [1.54, 1.807) is 0 Å². The lowest BCUT2D eigenvalue weighted by molar-refractivity contribution is 0.283. The Kier molecular flexibility index (Phi) is 5.07. The van der Waals surface area contributed by atoms with Gasteiger partial charge in [-0.25, -0.2) is 0 Å². The molecule has 1 saturated carbocycles. The summed E-state index contributed by atoms with van der Waals surface area (Å²) in [5, 5.41) is 18.1. The zero-order chi connectivity index (χ0) is 21.4. The van der Waals surface area contributed by atoms with Crippen molar-refractivity contribution in [3.8, 4) is 6.07 Å².